The van der Waals surface area contributed by atoms with E-state index in [9.17, 15) is 0 Å². The van der Waals surface area contributed by atoms with Crippen LogP contribution in [0.25, 0.3) is 0 Å². The third-order valence-electron chi connectivity index (χ3n) is 6.94. The van der Waals surface area contributed by atoms with E-state index in [4.69, 9.17) is 9.31 Å². The highest BCUT2D eigenvalue weighted by molar-refractivity contribution is 6.76. The molecule has 0 radical (unpaired) electrons. The summed E-state index contributed by atoms with van der Waals surface area (Å²) in [4.78, 5) is 0. The summed E-state index contributed by atoms with van der Waals surface area (Å²) in [7, 11) is -1.94. The first kappa shape index (κ1) is 18.7. The molecule has 0 N–H and O–H groups in total. The van der Waals surface area contributed by atoms with Gasteiger partial charge < -0.3 is 9.31 Å². The van der Waals surface area contributed by atoms with E-state index < -0.39 is 26.4 Å². The van der Waals surface area contributed by atoms with Gasteiger partial charge in [-0.05, 0) is 63.9 Å². The number of hydrogen-bond donors (Lipinski definition) is 0. The van der Waals surface area contributed by atoms with Crippen LogP contribution in [-0.4, -0.2) is 26.4 Å². The molecule has 1 spiro atoms. The molecule has 24 heavy (non-hydrogen) atoms. The van der Waals surface area contributed by atoms with E-state index in [0.29, 0.717) is 5.92 Å². The Labute approximate surface area is 148 Å². The number of halogens is 1. The lowest BCUT2D eigenvalue weighted by atomic mass is 9.53. The van der Waals surface area contributed by atoms with Crippen LogP contribution in [0.5, 0.6) is 0 Å². The highest BCUT2D eigenvalue weighted by Gasteiger charge is 2.59. The Kier molecular flexibility index (Phi) is 4.42. The molecule has 5 heteroatoms. The zero-order chi connectivity index (χ0) is 18.0. The van der Waals surface area contributed by atoms with E-state index in [2.05, 4.69) is 19.6 Å². The zero-order valence-corrected chi connectivity index (χ0v) is 17.6. The second-order valence-electron chi connectivity index (χ2n) is 10.4. The van der Waals surface area contributed by atoms with Crippen molar-refractivity contribution in [1.29, 1.82) is 0 Å². The van der Waals surface area contributed by atoms with Crippen LogP contribution in [0, 0.1) is 11.3 Å². The Bertz CT molecular complexity index is 528. The van der Waals surface area contributed by atoms with Crippen molar-refractivity contribution in [2.24, 2.45) is 11.3 Å². The third-order valence-corrected chi connectivity index (χ3v) is 8.65. The van der Waals surface area contributed by atoms with E-state index in [1.807, 2.05) is 27.7 Å². The SMILES string of the molecule is CC1(C)OB(C(F)=C2CC(C[Si](C)(C)C)C23CCCC3)OC1(C)C. The summed E-state index contributed by atoms with van der Waals surface area (Å²) in [5.41, 5.74) is 0.0948. The second kappa shape index (κ2) is 5.68. The van der Waals surface area contributed by atoms with Crippen molar-refractivity contribution < 1.29 is 13.7 Å². The highest BCUT2D eigenvalue weighted by atomic mass is 28.3. The first-order chi connectivity index (χ1) is 10.9. The van der Waals surface area contributed by atoms with Crippen molar-refractivity contribution in [3.63, 3.8) is 0 Å². The van der Waals surface area contributed by atoms with Crippen LogP contribution in [0.1, 0.15) is 59.8 Å². The molecule has 0 aromatic carbocycles. The van der Waals surface area contributed by atoms with E-state index in [1.54, 1.807) is 0 Å². The van der Waals surface area contributed by atoms with Gasteiger partial charge >= 0.3 is 7.12 Å². The highest BCUT2D eigenvalue weighted by Crippen LogP contribution is 2.64. The predicted molar refractivity (Wildman–Crippen MR) is 101 cm³/mol. The lowest BCUT2D eigenvalue weighted by Gasteiger charge is -2.52. The molecule has 0 aromatic heterocycles. The average molecular weight is 352 g/mol. The van der Waals surface area contributed by atoms with E-state index in [0.717, 1.165) is 24.8 Å². The van der Waals surface area contributed by atoms with Gasteiger partial charge in [0.2, 0.25) is 0 Å². The van der Waals surface area contributed by atoms with Crippen molar-refractivity contribution in [2.45, 2.75) is 96.7 Å². The van der Waals surface area contributed by atoms with Gasteiger partial charge in [-0.1, -0.05) is 38.5 Å². The van der Waals surface area contributed by atoms with Gasteiger partial charge in [-0.3, -0.25) is 0 Å². The molecule has 3 aliphatic rings. The largest absolute Gasteiger partial charge is 0.525 e. The van der Waals surface area contributed by atoms with Crippen LogP contribution >= 0.6 is 0 Å². The zero-order valence-electron chi connectivity index (χ0n) is 16.6. The molecule has 0 amide bonds. The monoisotopic (exact) mass is 352 g/mol. The third kappa shape index (κ3) is 2.95. The minimum atomic E-state index is -1.13. The van der Waals surface area contributed by atoms with Gasteiger partial charge in [-0.2, -0.15) is 0 Å². The fourth-order valence-electron chi connectivity index (χ4n) is 4.91. The molecule has 1 atom stereocenters. The Balaban J connectivity index is 1.85. The van der Waals surface area contributed by atoms with E-state index >= 15 is 4.39 Å². The molecule has 0 bridgehead atoms. The molecular weight excluding hydrogens is 318 g/mol. The van der Waals surface area contributed by atoms with E-state index in [-0.39, 0.29) is 11.1 Å². The lowest BCUT2D eigenvalue weighted by molar-refractivity contribution is 0.00578. The lowest BCUT2D eigenvalue weighted by Crippen LogP contribution is -2.46. The van der Waals surface area contributed by atoms with Gasteiger partial charge in [0, 0.05) is 8.07 Å². The van der Waals surface area contributed by atoms with Crippen LogP contribution in [-0.2, 0) is 9.31 Å². The molecule has 3 fully saturated rings. The van der Waals surface area contributed by atoms with Crippen LogP contribution < -0.4 is 0 Å². The summed E-state index contributed by atoms with van der Waals surface area (Å²) in [6.45, 7) is 15.3. The average Bonchev–Trinajstić information content (AvgIpc) is 2.98. The second-order valence-corrected chi connectivity index (χ2v) is 16.0. The maximum absolute atomic E-state index is 15.4. The molecule has 1 aliphatic heterocycles. The van der Waals surface area contributed by atoms with Gasteiger partial charge in [0.15, 0.2) is 0 Å². The van der Waals surface area contributed by atoms with E-state index in [1.165, 1.54) is 18.9 Å². The van der Waals surface area contributed by atoms with Crippen molar-refractivity contribution in [2.75, 3.05) is 0 Å². The Morgan fingerprint density at radius 2 is 1.58 bits per heavy atom. The van der Waals surface area contributed by atoms with Crippen LogP contribution in [0.4, 0.5) is 4.39 Å². The van der Waals surface area contributed by atoms with Gasteiger partial charge in [0.1, 0.15) is 5.73 Å². The van der Waals surface area contributed by atoms with Crippen LogP contribution in [0.15, 0.2) is 11.3 Å². The van der Waals surface area contributed by atoms with Crippen molar-refractivity contribution in [3.8, 4) is 0 Å². The minimum absolute atomic E-state index is 0.109. The van der Waals surface area contributed by atoms with Gasteiger partial charge in [-0.15, -0.1) is 0 Å². The molecule has 2 nitrogen and oxygen atoms in total. The smallest absolute Gasteiger partial charge is 0.398 e. The Morgan fingerprint density at radius 3 is 2.04 bits per heavy atom. The molecule has 0 aromatic rings. The minimum Gasteiger partial charge on any atom is -0.398 e. The molecule has 2 saturated carbocycles. The number of rotatable bonds is 3. The molecular formula is C19H34BFO2Si. The van der Waals surface area contributed by atoms with Crippen molar-refractivity contribution in [1.82, 2.24) is 0 Å². The standard InChI is InChI=1S/C19H34BFO2Si/c1-17(2)18(3,4)23-20(22-17)16(21)15-12-14(13-24(5,6)7)19(15)10-8-9-11-19/h14H,8-13H2,1-7H3. The number of allylic oxidation sites excluding steroid dienone is 1. The summed E-state index contributed by atoms with van der Waals surface area (Å²) in [6, 6.07) is 1.31. The first-order valence-electron chi connectivity index (χ1n) is 9.63. The molecule has 3 rings (SSSR count). The fraction of sp³-hybridized carbons (Fsp3) is 0.895. The molecule has 1 heterocycles. The molecule has 1 unspecified atom stereocenters. The topological polar surface area (TPSA) is 18.5 Å². The maximum atomic E-state index is 15.4. The summed E-state index contributed by atoms with van der Waals surface area (Å²) in [6.07, 6.45) is 5.71. The Hall–Kier alpha value is -0.128. The van der Waals surface area contributed by atoms with Crippen molar-refractivity contribution in [3.05, 3.63) is 11.3 Å². The molecule has 1 saturated heterocycles. The summed E-state index contributed by atoms with van der Waals surface area (Å²) in [5.74, 6) is 0.676. The maximum Gasteiger partial charge on any atom is 0.525 e. The molecule has 136 valence electrons. The Morgan fingerprint density at radius 1 is 1.08 bits per heavy atom. The van der Waals surface area contributed by atoms with Gasteiger partial charge in [0.25, 0.3) is 0 Å². The summed E-state index contributed by atoms with van der Waals surface area (Å²) >= 11 is 0. The van der Waals surface area contributed by atoms with Gasteiger partial charge in [0.05, 0.1) is 11.2 Å². The fourth-order valence-corrected chi connectivity index (χ4v) is 6.92. The predicted octanol–water partition coefficient (Wildman–Crippen LogP) is 5.76. The number of hydrogen-bond acceptors (Lipinski definition) is 2. The van der Waals surface area contributed by atoms with Crippen molar-refractivity contribution >= 4 is 15.2 Å². The van der Waals surface area contributed by atoms with Gasteiger partial charge in [-0.25, -0.2) is 4.39 Å². The van der Waals surface area contributed by atoms with Crippen LogP contribution in [0.2, 0.25) is 25.7 Å². The molecule has 2 aliphatic carbocycles. The van der Waals surface area contributed by atoms with Crippen LogP contribution in [0.3, 0.4) is 0 Å². The summed E-state index contributed by atoms with van der Waals surface area (Å²) in [5, 5.41) is 0. The quantitative estimate of drug-likeness (QED) is 0.601. The summed E-state index contributed by atoms with van der Waals surface area (Å²) < 4.78 is 27.3. The first-order valence-corrected chi connectivity index (χ1v) is 13.3. The normalized spacial score (nSPS) is 33.0.